The lowest BCUT2D eigenvalue weighted by Gasteiger charge is -2.08. The Labute approximate surface area is 162 Å². The summed E-state index contributed by atoms with van der Waals surface area (Å²) in [6.07, 6.45) is 4.96. The van der Waals surface area contributed by atoms with Gasteiger partial charge in [0.25, 0.3) is 5.91 Å². The second-order valence-corrected chi connectivity index (χ2v) is 5.99. The molecule has 6 heteroatoms. The fourth-order valence-corrected chi connectivity index (χ4v) is 2.71. The fraction of sp³-hybridized carbons (Fsp3) is 0. The molecule has 0 aliphatic heterocycles. The van der Waals surface area contributed by atoms with Crippen LogP contribution >= 0.6 is 0 Å². The van der Waals surface area contributed by atoms with Gasteiger partial charge in [0.05, 0.1) is 5.69 Å². The van der Waals surface area contributed by atoms with Crippen LogP contribution in [0.25, 0.3) is 11.3 Å². The summed E-state index contributed by atoms with van der Waals surface area (Å²) < 4.78 is 1.66. The van der Waals surface area contributed by atoms with Crippen LogP contribution < -0.4 is 5.43 Å². The average Bonchev–Trinajstić information content (AvgIpc) is 3.26. The van der Waals surface area contributed by atoms with Crippen LogP contribution in [0, 0.1) is 0 Å². The molecule has 0 spiro atoms. The van der Waals surface area contributed by atoms with Gasteiger partial charge in [0.1, 0.15) is 0 Å². The minimum atomic E-state index is -0.314. The van der Waals surface area contributed by atoms with E-state index in [9.17, 15) is 4.79 Å². The van der Waals surface area contributed by atoms with Gasteiger partial charge in [0, 0.05) is 35.3 Å². The molecule has 4 rings (SSSR count). The summed E-state index contributed by atoms with van der Waals surface area (Å²) in [6.45, 7) is 0. The van der Waals surface area contributed by atoms with E-state index in [4.69, 9.17) is 0 Å². The van der Waals surface area contributed by atoms with Crippen LogP contribution in [0.5, 0.6) is 0 Å². The maximum atomic E-state index is 12.4. The van der Waals surface area contributed by atoms with Crippen molar-refractivity contribution >= 4 is 11.7 Å². The molecule has 0 aliphatic rings. The number of carbonyl (C=O) groups is 1. The number of pyridine rings is 1. The molecule has 136 valence electrons. The molecule has 2 aromatic carbocycles. The third kappa shape index (κ3) is 3.86. The van der Waals surface area contributed by atoms with Crippen LogP contribution in [-0.4, -0.2) is 26.5 Å². The Hall–Kier alpha value is -4.06. The van der Waals surface area contributed by atoms with Crippen molar-refractivity contribution in [3.8, 4) is 11.3 Å². The fourth-order valence-electron chi connectivity index (χ4n) is 2.71. The SMILES string of the molecule is O=C(N/N=C(\c1ccccc1)n1ccc(-c2ccccc2)n1)c1ccncc1. The van der Waals surface area contributed by atoms with Gasteiger partial charge in [-0.05, 0) is 18.2 Å². The number of rotatable bonds is 4. The van der Waals surface area contributed by atoms with Crippen LogP contribution in [-0.2, 0) is 0 Å². The lowest BCUT2D eigenvalue weighted by Crippen LogP contribution is -2.24. The van der Waals surface area contributed by atoms with E-state index in [0.29, 0.717) is 11.4 Å². The number of hydrogen-bond donors (Lipinski definition) is 1. The first kappa shape index (κ1) is 17.4. The highest BCUT2D eigenvalue weighted by Crippen LogP contribution is 2.16. The molecule has 0 radical (unpaired) electrons. The highest BCUT2D eigenvalue weighted by Gasteiger charge is 2.11. The first-order chi connectivity index (χ1) is 13.8. The van der Waals surface area contributed by atoms with E-state index in [2.05, 4.69) is 20.6 Å². The number of nitrogens with one attached hydrogen (secondary N) is 1. The van der Waals surface area contributed by atoms with Gasteiger partial charge in [-0.1, -0.05) is 60.7 Å². The van der Waals surface area contributed by atoms with Gasteiger partial charge >= 0.3 is 0 Å². The van der Waals surface area contributed by atoms with Crippen molar-refractivity contribution in [2.24, 2.45) is 5.10 Å². The summed E-state index contributed by atoms with van der Waals surface area (Å²) in [4.78, 5) is 16.3. The van der Waals surface area contributed by atoms with Gasteiger partial charge in [0.2, 0.25) is 0 Å². The zero-order valence-electron chi connectivity index (χ0n) is 14.9. The molecular weight excluding hydrogens is 350 g/mol. The van der Waals surface area contributed by atoms with Gasteiger partial charge in [-0.2, -0.15) is 10.2 Å². The number of aromatic nitrogens is 3. The van der Waals surface area contributed by atoms with Crippen LogP contribution in [0.15, 0.2) is 103 Å². The van der Waals surface area contributed by atoms with E-state index in [-0.39, 0.29) is 5.91 Å². The Morgan fingerprint density at radius 3 is 2.21 bits per heavy atom. The number of hydrogen-bond acceptors (Lipinski definition) is 4. The molecule has 2 heterocycles. The Morgan fingerprint density at radius 2 is 1.50 bits per heavy atom. The summed E-state index contributed by atoms with van der Waals surface area (Å²) >= 11 is 0. The summed E-state index contributed by atoms with van der Waals surface area (Å²) in [6, 6.07) is 24.7. The maximum absolute atomic E-state index is 12.4. The Balaban J connectivity index is 1.67. The summed E-state index contributed by atoms with van der Waals surface area (Å²) in [5, 5.41) is 8.98. The van der Waals surface area contributed by atoms with Crippen LogP contribution in [0.4, 0.5) is 0 Å². The Bertz CT molecular complexity index is 1090. The predicted molar refractivity (Wildman–Crippen MR) is 108 cm³/mol. The lowest BCUT2D eigenvalue weighted by atomic mass is 10.2. The van der Waals surface area contributed by atoms with Crippen molar-refractivity contribution in [1.82, 2.24) is 20.2 Å². The van der Waals surface area contributed by atoms with E-state index in [1.165, 1.54) is 0 Å². The van der Waals surface area contributed by atoms with Gasteiger partial charge in [0.15, 0.2) is 5.84 Å². The molecule has 0 bridgehead atoms. The highest BCUT2D eigenvalue weighted by molar-refractivity contribution is 6.01. The van der Waals surface area contributed by atoms with Gasteiger partial charge in [-0.15, -0.1) is 0 Å². The molecule has 1 N–H and O–H groups in total. The van der Waals surface area contributed by atoms with Crippen molar-refractivity contribution in [3.05, 3.63) is 109 Å². The zero-order chi connectivity index (χ0) is 19.2. The van der Waals surface area contributed by atoms with Crippen molar-refractivity contribution in [2.75, 3.05) is 0 Å². The van der Waals surface area contributed by atoms with Crippen LogP contribution in [0.2, 0.25) is 0 Å². The van der Waals surface area contributed by atoms with E-state index >= 15 is 0 Å². The maximum Gasteiger partial charge on any atom is 0.271 e. The van der Waals surface area contributed by atoms with Gasteiger partial charge in [-0.3, -0.25) is 9.78 Å². The van der Waals surface area contributed by atoms with Gasteiger partial charge < -0.3 is 0 Å². The largest absolute Gasteiger partial charge is 0.271 e. The average molecular weight is 367 g/mol. The monoisotopic (exact) mass is 367 g/mol. The van der Waals surface area contributed by atoms with Crippen molar-refractivity contribution < 1.29 is 4.79 Å². The summed E-state index contributed by atoms with van der Waals surface area (Å²) in [5.41, 5.74) is 5.75. The highest BCUT2D eigenvalue weighted by atomic mass is 16.2. The Kier molecular flexibility index (Phi) is 5.02. The minimum Gasteiger partial charge on any atom is -0.267 e. The first-order valence-electron chi connectivity index (χ1n) is 8.76. The smallest absolute Gasteiger partial charge is 0.267 e. The molecule has 0 saturated heterocycles. The Morgan fingerprint density at radius 1 is 0.821 bits per heavy atom. The number of carbonyl (C=O) groups excluding carboxylic acids is 1. The standard InChI is InChI=1S/C22H17N5O/c28-22(19-11-14-23-15-12-19)25-24-21(18-9-5-2-6-10-18)27-16-13-20(26-27)17-7-3-1-4-8-17/h1-16H,(H,25,28)/b24-21+. The molecular formula is C22H17N5O. The summed E-state index contributed by atoms with van der Waals surface area (Å²) in [7, 11) is 0. The number of amides is 1. The van der Waals surface area contributed by atoms with E-state index in [1.54, 1.807) is 29.2 Å². The second-order valence-electron chi connectivity index (χ2n) is 5.99. The molecule has 0 atom stereocenters. The quantitative estimate of drug-likeness (QED) is 0.340. The molecule has 6 nitrogen and oxygen atoms in total. The van der Waals surface area contributed by atoms with Crippen molar-refractivity contribution in [3.63, 3.8) is 0 Å². The third-order valence-electron chi connectivity index (χ3n) is 4.11. The molecule has 28 heavy (non-hydrogen) atoms. The third-order valence-corrected chi connectivity index (χ3v) is 4.11. The zero-order valence-corrected chi connectivity index (χ0v) is 14.9. The van der Waals surface area contributed by atoms with E-state index < -0.39 is 0 Å². The minimum absolute atomic E-state index is 0.314. The van der Waals surface area contributed by atoms with Crippen LogP contribution in [0.3, 0.4) is 0 Å². The number of nitrogens with zero attached hydrogens (tertiary/aromatic N) is 4. The lowest BCUT2D eigenvalue weighted by molar-refractivity contribution is 0.0954. The number of benzene rings is 2. The van der Waals surface area contributed by atoms with E-state index in [1.807, 2.05) is 72.9 Å². The molecule has 0 fully saturated rings. The topological polar surface area (TPSA) is 72.2 Å². The first-order valence-corrected chi connectivity index (χ1v) is 8.76. The van der Waals surface area contributed by atoms with Gasteiger partial charge in [-0.25, -0.2) is 10.1 Å². The molecule has 0 unspecified atom stereocenters. The summed E-state index contributed by atoms with van der Waals surface area (Å²) in [5.74, 6) is 0.205. The molecule has 0 saturated carbocycles. The molecule has 4 aromatic rings. The molecule has 2 aromatic heterocycles. The van der Waals surface area contributed by atoms with Crippen molar-refractivity contribution in [1.29, 1.82) is 0 Å². The predicted octanol–water partition coefficient (Wildman–Crippen LogP) is 3.59. The van der Waals surface area contributed by atoms with Crippen LogP contribution in [0.1, 0.15) is 15.9 Å². The number of hydrazone groups is 1. The second kappa shape index (κ2) is 8.09. The normalized spacial score (nSPS) is 11.2. The molecule has 1 amide bonds. The van der Waals surface area contributed by atoms with Crippen molar-refractivity contribution in [2.45, 2.75) is 0 Å². The van der Waals surface area contributed by atoms with E-state index in [0.717, 1.165) is 16.8 Å². The molecule has 0 aliphatic carbocycles.